The number of anilines is 2. The summed E-state index contributed by atoms with van der Waals surface area (Å²) in [5.74, 6) is 0.469. The quantitative estimate of drug-likeness (QED) is 0.423. The predicted molar refractivity (Wildman–Crippen MR) is 126 cm³/mol. The van der Waals surface area contributed by atoms with Gasteiger partial charge in [-0.3, -0.25) is 14.4 Å². The minimum absolute atomic E-state index is 0.178. The van der Waals surface area contributed by atoms with Crippen molar-refractivity contribution in [2.45, 2.75) is 4.90 Å². The maximum atomic E-state index is 12.7. The fourth-order valence-electron chi connectivity index (χ4n) is 3.63. The third-order valence-corrected chi connectivity index (χ3v) is 6.45. The number of nitrogens with one attached hydrogen (secondary N) is 1. The Morgan fingerprint density at radius 1 is 0.939 bits per heavy atom. The Labute approximate surface area is 198 Å². The molecular formula is C24H17ClN2O5S. The minimum atomic E-state index is -0.426. The first-order chi connectivity index (χ1) is 16.0. The van der Waals surface area contributed by atoms with Crippen molar-refractivity contribution in [1.82, 2.24) is 0 Å². The lowest BCUT2D eigenvalue weighted by atomic mass is 10.1. The zero-order valence-corrected chi connectivity index (χ0v) is 18.7. The van der Waals surface area contributed by atoms with Gasteiger partial charge in [0.2, 0.25) is 5.91 Å². The van der Waals surface area contributed by atoms with E-state index in [4.69, 9.17) is 21.1 Å². The van der Waals surface area contributed by atoms with Crippen LogP contribution < -0.4 is 19.7 Å². The lowest BCUT2D eigenvalue weighted by Gasteiger charge is -2.18. The number of hydrogen-bond donors (Lipinski definition) is 1. The van der Waals surface area contributed by atoms with Crippen LogP contribution in [0.3, 0.4) is 0 Å². The van der Waals surface area contributed by atoms with Crippen LogP contribution in [0.5, 0.6) is 11.5 Å². The molecule has 7 nitrogen and oxygen atoms in total. The van der Waals surface area contributed by atoms with E-state index in [9.17, 15) is 14.4 Å². The SMILES string of the molecule is O=C(CSc1ccc2c(c1)OCCO2)Nc1ccc(N2C(=O)c3ccccc3C2=O)c(Cl)c1. The highest BCUT2D eigenvalue weighted by molar-refractivity contribution is 8.00. The van der Waals surface area contributed by atoms with Crippen molar-refractivity contribution in [3.05, 3.63) is 76.8 Å². The number of amides is 3. The van der Waals surface area contributed by atoms with Crippen molar-refractivity contribution in [2.75, 3.05) is 29.2 Å². The van der Waals surface area contributed by atoms with Gasteiger partial charge in [-0.25, -0.2) is 4.90 Å². The van der Waals surface area contributed by atoms with Crippen LogP contribution in [-0.2, 0) is 4.79 Å². The van der Waals surface area contributed by atoms with E-state index in [0.717, 1.165) is 9.80 Å². The average molecular weight is 481 g/mol. The molecule has 5 rings (SSSR count). The van der Waals surface area contributed by atoms with E-state index in [2.05, 4.69) is 5.32 Å². The molecule has 0 radical (unpaired) electrons. The molecule has 3 aromatic carbocycles. The summed E-state index contributed by atoms with van der Waals surface area (Å²) in [7, 11) is 0. The van der Waals surface area contributed by atoms with Crippen LogP contribution in [0.2, 0.25) is 5.02 Å². The fourth-order valence-corrected chi connectivity index (χ4v) is 4.62. The first-order valence-corrected chi connectivity index (χ1v) is 11.5. The number of fused-ring (bicyclic) bond motifs is 2. The Kier molecular flexibility index (Phi) is 5.70. The van der Waals surface area contributed by atoms with Crippen LogP contribution in [0.1, 0.15) is 20.7 Å². The van der Waals surface area contributed by atoms with Gasteiger partial charge in [-0.1, -0.05) is 23.7 Å². The maximum absolute atomic E-state index is 12.7. The Morgan fingerprint density at radius 3 is 2.33 bits per heavy atom. The Hall–Kier alpha value is -3.49. The standard InChI is InChI=1S/C24H17ClN2O5S/c25-18-11-14(5-7-19(18)27-23(29)16-3-1-2-4-17(16)24(27)30)26-22(28)13-33-15-6-8-20-21(12-15)32-10-9-31-20/h1-8,11-12H,9-10,13H2,(H,26,28). The zero-order valence-electron chi connectivity index (χ0n) is 17.2. The van der Waals surface area contributed by atoms with Crippen molar-refractivity contribution in [3.63, 3.8) is 0 Å². The van der Waals surface area contributed by atoms with Crippen LogP contribution in [0.4, 0.5) is 11.4 Å². The smallest absolute Gasteiger partial charge is 0.266 e. The number of imide groups is 1. The van der Waals surface area contributed by atoms with Crippen LogP contribution >= 0.6 is 23.4 Å². The summed E-state index contributed by atoms with van der Waals surface area (Å²) < 4.78 is 11.1. The van der Waals surface area contributed by atoms with Crippen LogP contribution in [0, 0.1) is 0 Å². The molecule has 9 heteroatoms. The Balaban J connectivity index is 1.24. The zero-order chi connectivity index (χ0) is 22.9. The molecule has 0 aliphatic carbocycles. The molecule has 166 valence electrons. The van der Waals surface area contributed by atoms with Gasteiger partial charge >= 0.3 is 0 Å². The van der Waals surface area contributed by atoms with Gasteiger partial charge in [0, 0.05) is 10.6 Å². The molecule has 0 aromatic heterocycles. The lowest BCUT2D eigenvalue weighted by molar-refractivity contribution is -0.113. The van der Waals surface area contributed by atoms with E-state index in [1.54, 1.807) is 36.4 Å². The molecular weight excluding hydrogens is 464 g/mol. The van der Waals surface area contributed by atoms with Crippen LogP contribution in [0.15, 0.2) is 65.6 Å². The average Bonchev–Trinajstić information content (AvgIpc) is 3.08. The second-order valence-corrected chi connectivity index (χ2v) is 8.76. The third-order valence-electron chi connectivity index (χ3n) is 5.15. The molecule has 33 heavy (non-hydrogen) atoms. The highest BCUT2D eigenvalue weighted by Gasteiger charge is 2.37. The van der Waals surface area contributed by atoms with E-state index < -0.39 is 11.8 Å². The van der Waals surface area contributed by atoms with E-state index in [-0.39, 0.29) is 22.4 Å². The molecule has 0 saturated carbocycles. The van der Waals surface area contributed by atoms with Crippen molar-refractivity contribution >= 4 is 52.5 Å². The molecule has 2 heterocycles. The van der Waals surface area contributed by atoms with E-state index >= 15 is 0 Å². The fraction of sp³-hybridized carbons (Fsp3) is 0.125. The van der Waals surface area contributed by atoms with Crippen LogP contribution in [-0.4, -0.2) is 36.7 Å². The highest BCUT2D eigenvalue weighted by atomic mass is 35.5. The summed E-state index contributed by atoms with van der Waals surface area (Å²) in [6.45, 7) is 1.02. The number of carbonyl (C=O) groups is 3. The van der Waals surface area contributed by atoms with Crippen molar-refractivity contribution in [3.8, 4) is 11.5 Å². The van der Waals surface area contributed by atoms with Crippen molar-refractivity contribution < 1.29 is 23.9 Å². The van der Waals surface area contributed by atoms with Gasteiger partial charge in [0.05, 0.1) is 27.6 Å². The summed E-state index contributed by atoms with van der Waals surface area (Å²) in [4.78, 5) is 39.7. The summed E-state index contributed by atoms with van der Waals surface area (Å²) >= 11 is 7.74. The summed E-state index contributed by atoms with van der Waals surface area (Å²) in [5, 5.41) is 2.97. The van der Waals surface area contributed by atoms with Gasteiger partial charge < -0.3 is 14.8 Å². The third kappa shape index (κ3) is 4.15. The normalized spacial score (nSPS) is 14.3. The summed E-state index contributed by atoms with van der Waals surface area (Å²) in [6, 6.07) is 16.9. The van der Waals surface area contributed by atoms with Gasteiger partial charge in [-0.05, 0) is 48.5 Å². The molecule has 3 aromatic rings. The lowest BCUT2D eigenvalue weighted by Crippen LogP contribution is -2.29. The molecule has 3 amide bonds. The Bertz CT molecular complexity index is 1260. The van der Waals surface area contributed by atoms with Gasteiger partial charge in [-0.15, -0.1) is 11.8 Å². The maximum Gasteiger partial charge on any atom is 0.266 e. The molecule has 2 aliphatic rings. The predicted octanol–water partition coefficient (Wildman–Crippen LogP) is 4.64. The Morgan fingerprint density at radius 2 is 1.64 bits per heavy atom. The summed E-state index contributed by atoms with van der Waals surface area (Å²) in [5.41, 5.74) is 1.42. The molecule has 0 unspecified atom stereocenters. The topological polar surface area (TPSA) is 84.9 Å². The first kappa shape index (κ1) is 21.4. The number of benzene rings is 3. The molecule has 0 atom stereocenters. The number of nitrogens with zero attached hydrogens (tertiary/aromatic N) is 1. The van der Waals surface area contributed by atoms with Gasteiger partial charge in [-0.2, -0.15) is 0 Å². The van der Waals surface area contributed by atoms with E-state index in [0.29, 0.717) is 41.5 Å². The van der Waals surface area contributed by atoms with Crippen LogP contribution in [0.25, 0.3) is 0 Å². The summed E-state index contributed by atoms with van der Waals surface area (Å²) in [6.07, 6.45) is 0. The molecule has 0 spiro atoms. The second kappa shape index (κ2) is 8.80. The van der Waals surface area contributed by atoms with Crippen molar-refractivity contribution in [2.24, 2.45) is 0 Å². The highest BCUT2D eigenvalue weighted by Crippen LogP contribution is 2.36. The molecule has 0 bridgehead atoms. The van der Waals surface area contributed by atoms with Gasteiger partial charge in [0.25, 0.3) is 11.8 Å². The van der Waals surface area contributed by atoms with E-state index in [1.165, 1.54) is 17.8 Å². The number of ether oxygens (including phenoxy) is 2. The number of hydrogen-bond acceptors (Lipinski definition) is 6. The second-order valence-electron chi connectivity index (χ2n) is 7.30. The number of halogens is 1. The number of rotatable bonds is 5. The number of carbonyl (C=O) groups excluding carboxylic acids is 3. The molecule has 0 fully saturated rings. The van der Waals surface area contributed by atoms with Gasteiger partial charge in [0.1, 0.15) is 13.2 Å². The largest absolute Gasteiger partial charge is 0.486 e. The van der Waals surface area contributed by atoms with Gasteiger partial charge in [0.15, 0.2) is 11.5 Å². The minimum Gasteiger partial charge on any atom is -0.486 e. The monoisotopic (exact) mass is 480 g/mol. The first-order valence-electron chi connectivity index (χ1n) is 10.1. The van der Waals surface area contributed by atoms with Crippen molar-refractivity contribution in [1.29, 1.82) is 0 Å². The van der Waals surface area contributed by atoms with E-state index in [1.807, 2.05) is 18.2 Å². The number of thioether (sulfide) groups is 1. The molecule has 1 N–H and O–H groups in total. The molecule has 0 saturated heterocycles. The molecule has 2 aliphatic heterocycles.